The molecule has 7 heteroatoms. The third kappa shape index (κ3) is 3.97. The summed E-state index contributed by atoms with van der Waals surface area (Å²) in [7, 11) is 0. The Hall–Kier alpha value is -3.22. The van der Waals surface area contributed by atoms with Crippen LogP contribution in [-0.4, -0.2) is 28.2 Å². The highest BCUT2D eigenvalue weighted by molar-refractivity contribution is 5.89. The minimum absolute atomic E-state index is 0.0410. The first-order chi connectivity index (χ1) is 13.2. The van der Waals surface area contributed by atoms with Crippen molar-refractivity contribution in [3.63, 3.8) is 0 Å². The quantitative estimate of drug-likeness (QED) is 0.640. The van der Waals surface area contributed by atoms with Crippen LogP contribution in [0.25, 0.3) is 0 Å². The summed E-state index contributed by atoms with van der Waals surface area (Å²) >= 11 is 0. The molecule has 1 saturated heterocycles. The summed E-state index contributed by atoms with van der Waals surface area (Å²) in [6.07, 6.45) is 4.93. The molecule has 4 heterocycles. The van der Waals surface area contributed by atoms with Crippen molar-refractivity contribution in [1.82, 2.24) is 9.80 Å². The van der Waals surface area contributed by atoms with Crippen LogP contribution in [0.4, 0.5) is 0 Å². The molecular weight excluding hydrogens is 348 g/mol. The van der Waals surface area contributed by atoms with E-state index in [0.29, 0.717) is 43.5 Å². The lowest BCUT2D eigenvalue weighted by molar-refractivity contribution is -0.137. The van der Waals surface area contributed by atoms with Crippen molar-refractivity contribution in [3.05, 3.63) is 72.5 Å². The van der Waals surface area contributed by atoms with Gasteiger partial charge in [0.15, 0.2) is 0 Å². The van der Waals surface area contributed by atoms with Gasteiger partial charge in [-0.1, -0.05) is 0 Å². The molecule has 7 nitrogen and oxygen atoms in total. The van der Waals surface area contributed by atoms with E-state index < -0.39 is 5.92 Å². The zero-order chi connectivity index (χ0) is 18.6. The Bertz CT molecular complexity index is 832. The largest absolute Gasteiger partial charge is 0.467 e. The Kier molecular flexibility index (Phi) is 4.82. The summed E-state index contributed by atoms with van der Waals surface area (Å²) in [5.41, 5.74) is 0. The van der Waals surface area contributed by atoms with Crippen LogP contribution in [0.2, 0.25) is 0 Å². The van der Waals surface area contributed by atoms with Crippen molar-refractivity contribution in [2.24, 2.45) is 5.92 Å². The Morgan fingerprint density at radius 1 is 0.963 bits per heavy atom. The van der Waals surface area contributed by atoms with Crippen molar-refractivity contribution < 1.29 is 22.8 Å². The summed E-state index contributed by atoms with van der Waals surface area (Å²) in [6, 6.07) is 10.8. The van der Waals surface area contributed by atoms with Crippen LogP contribution in [0.15, 0.2) is 68.4 Å². The number of nitrogens with zero attached hydrogens (tertiary/aromatic N) is 2. The molecule has 0 bridgehead atoms. The predicted octanol–water partition coefficient (Wildman–Crippen LogP) is 3.04. The smallest absolute Gasteiger partial charge is 0.228 e. The Morgan fingerprint density at radius 3 is 2.04 bits per heavy atom. The average Bonchev–Trinajstić information content (AvgIpc) is 3.44. The first kappa shape index (κ1) is 17.2. The maximum atomic E-state index is 13.1. The Labute approximate surface area is 156 Å². The van der Waals surface area contributed by atoms with E-state index in [2.05, 4.69) is 0 Å². The first-order valence-electron chi connectivity index (χ1n) is 8.83. The van der Waals surface area contributed by atoms with E-state index in [9.17, 15) is 9.59 Å². The van der Waals surface area contributed by atoms with Gasteiger partial charge >= 0.3 is 0 Å². The molecule has 0 saturated carbocycles. The summed E-state index contributed by atoms with van der Waals surface area (Å²) in [5.74, 6) is 1.56. The number of hydrogen-bond donors (Lipinski definition) is 0. The topological polar surface area (TPSA) is 80.0 Å². The number of rotatable bonds is 7. The standard InChI is InChI=1S/C20H20N2O5/c23-19-10-15(11-21(19)12-16-4-1-7-25-16)20(24)22(13-17-5-2-8-26-17)14-18-6-3-9-27-18/h1-9,15H,10-14H2. The third-order valence-corrected chi connectivity index (χ3v) is 4.66. The molecule has 140 valence electrons. The third-order valence-electron chi connectivity index (χ3n) is 4.66. The molecule has 0 radical (unpaired) electrons. The van der Waals surface area contributed by atoms with Gasteiger partial charge in [0.25, 0.3) is 0 Å². The number of carbonyl (C=O) groups excluding carboxylic acids is 2. The maximum Gasteiger partial charge on any atom is 0.228 e. The van der Waals surface area contributed by atoms with E-state index >= 15 is 0 Å². The Morgan fingerprint density at radius 2 is 1.52 bits per heavy atom. The molecule has 0 N–H and O–H groups in total. The monoisotopic (exact) mass is 368 g/mol. The fourth-order valence-corrected chi connectivity index (χ4v) is 3.33. The summed E-state index contributed by atoms with van der Waals surface area (Å²) in [4.78, 5) is 28.8. The molecule has 0 aliphatic carbocycles. The Balaban J connectivity index is 1.46. The molecule has 1 unspecified atom stereocenters. The second-order valence-corrected chi connectivity index (χ2v) is 6.61. The fourth-order valence-electron chi connectivity index (χ4n) is 3.33. The molecular formula is C20H20N2O5. The van der Waals surface area contributed by atoms with Crippen LogP contribution < -0.4 is 0 Å². The van der Waals surface area contributed by atoms with Gasteiger partial charge in [-0.2, -0.15) is 0 Å². The molecule has 3 aromatic rings. The lowest BCUT2D eigenvalue weighted by Crippen LogP contribution is -2.36. The minimum atomic E-state index is -0.391. The van der Waals surface area contributed by atoms with Gasteiger partial charge in [-0.15, -0.1) is 0 Å². The van der Waals surface area contributed by atoms with Crippen LogP contribution in [0.3, 0.4) is 0 Å². The van der Waals surface area contributed by atoms with Crippen molar-refractivity contribution in [2.75, 3.05) is 6.54 Å². The molecule has 4 rings (SSSR count). The van der Waals surface area contributed by atoms with Crippen LogP contribution >= 0.6 is 0 Å². The van der Waals surface area contributed by atoms with E-state index in [1.807, 2.05) is 18.2 Å². The lowest BCUT2D eigenvalue weighted by atomic mass is 10.1. The molecule has 27 heavy (non-hydrogen) atoms. The highest BCUT2D eigenvalue weighted by Gasteiger charge is 2.37. The van der Waals surface area contributed by atoms with Gasteiger partial charge in [0.05, 0.1) is 44.3 Å². The molecule has 1 fully saturated rings. The molecule has 1 atom stereocenters. The van der Waals surface area contributed by atoms with Gasteiger partial charge in [0.2, 0.25) is 11.8 Å². The van der Waals surface area contributed by atoms with E-state index in [4.69, 9.17) is 13.3 Å². The lowest BCUT2D eigenvalue weighted by Gasteiger charge is -2.24. The zero-order valence-electron chi connectivity index (χ0n) is 14.7. The molecule has 0 spiro atoms. The molecule has 1 aliphatic rings. The number of hydrogen-bond acceptors (Lipinski definition) is 5. The van der Waals surface area contributed by atoms with Crippen molar-refractivity contribution in [1.29, 1.82) is 0 Å². The SMILES string of the molecule is O=C1CC(C(=O)N(Cc2ccco2)Cc2ccco2)CN1Cc1ccco1. The number of likely N-dealkylation sites (tertiary alicyclic amines) is 1. The maximum absolute atomic E-state index is 13.1. The molecule has 0 aromatic carbocycles. The van der Waals surface area contributed by atoms with Gasteiger partial charge < -0.3 is 23.1 Å². The van der Waals surface area contributed by atoms with Gasteiger partial charge in [-0.25, -0.2) is 0 Å². The van der Waals surface area contributed by atoms with Gasteiger partial charge in [-0.05, 0) is 36.4 Å². The van der Waals surface area contributed by atoms with Gasteiger partial charge in [-0.3, -0.25) is 9.59 Å². The highest BCUT2D eigenvalue weighted by Crippen LogP contribution is 2.24. The van der Waals surface area contributed by atoms with Crippen LogP contribution in [0, 0.1) is 5.92 Å². The van der Waals surface area contributed by atoms with E-state index in [-0.39, 0.29) is 18.2 Å². The van der Waals surface area contributed by atoms with E-state index in [0.717, 1.165) is 0 Å². The average molecular weight is 368 g/mol. The number of amides is 2. The van der Waals surface area contributed by atoms with Gasteiger partial charge in [0, 0.05) is 13.0 Å². The normalized spacial score (nSPS) is 16.8. The predicted molar refractivity (Wildman–Crippen MR) is 93.9 cm³/mol. The fraction of sp³-hybridized carbons (Fsp3) is 0.300. The highest BCUT2D eigenvalue weighted by atomic mass is 16.3. The van der Waals surface area contributed by atoms with Crippen molar-refractivity contribution >= 4 is 11.8 Å². The summed E-state index contributed by atoms with van der Waals surface area (Å²) in [5, 5.41) is 0. The van der Waals surface area contributed by atoms with E-state index in [1.165, 1.54) is 0 Å². The zero-order valence-corrected chi connectivity index (χ0v) is 14.7. The van der Waals surface area contributed by atoms with Gasteiger partial charge in [0.1, 0.15) is 17.3 Å². The van der Waals surface area contributed by atoms with E-state index in [1.54, 1.807) is 46.8 Å². The second-order valence-electron chi connectivity index (χ2n) is 6.61. The molecule has 3 aromatic heterocycles. The van der Waals surface area contributed by atoms with Crippen LogP contribution in [-0.2, 0) is 29.2 Å². The number of carbonyl (C=O) groups is 2. The van der Waals surface area contributed by atoms with Crippen LogP contribution in [0.5, 0.6) is 0 Å². The molecule has 2 amide bonds. The van der Waals surface area contributed by atoms with Crippen LogP contribution in [0.1, 0.15) is 23.7 Å². The minimum Gasteiger partial charge on any atom is -0.467 e. The number of furan rings is 3. The second kappa shape index (κ2) is 7.57. The summed E-state index contributed by atoms with van der Waals surface area (Å²) in [6.45, 7) is 1.42. The molecule has 1 aliphatic heterocycles. The first-order valence-corrected chi connectivity index (χ1v) is 8.83. The van der Waals surface area contributed by atoms with Crippen molar-refractivity contribution in [2.45, 2.75) is 26.1 Å². The van der Waals surface area contributed by atoms with Crippen molar-refractivity contribution in [3.8, 4) is 0 Å². The summed E-state index contributed by atoms with van der Waals surface area (Å²) < 4.78 is 16.1.